The van der Waals surface area contributed by atoms with E-state index in [9.17, 15) is 0 Å². The van der Waals surface area contributed by atoms with Crippen molar-refractivity contribution < 1.29 is 9.47 Å². The number of nitrogens with one attached hydrogen (secondary N) is 1. The van der Waals surface area contributed by atoms with Crippen molar-refractivity contribution in [2.75, 3.05) is 33.4 Å². The summed E-state index contributed by atoms with van der Waals surface area (Å²) in [6.45, 7) is 4.87. The fourth-order valence-corrected chi connectivity index (χ4v) is 1.73. The van der Waals surface area contributed by atoms with Gasteiger partial charge in [-0.1, -0.05) is 25.5 Å². The van der Waals surface area contributed by atoms with Crippen molar-refractivity contribution in [3.05, 3.63) is 29.8 Å². The highest BCUT2D eigenvalue weighted by Crippen LogP contribution is 2.12. The predicted octanol–water partition coefficient (Wildman–Crippen LogP) is 1.96. The number of rotatable bonds is 10. The fourth-order valence-electron chi connectivity index (χ4n) is 1.73. The molecule has 0 heterocycles. The van der Waals surface area contributed by atoms with Gasteiger partial charge in [-0.2, -0.15) is 0 Å². The molecule has 0 saturated heterocycles. The van der Waals surface area contributed by atoms with Crippen LogP contribution in [0.2, 0.25) is 0 Å². The quantitative estimate of drug-likeness (QED) is 0.393. The summed E-state index contributed by atoms with van der Waals surface area (Å²) in [6, 6.07) is 8.20. The number of aliphatic imine (C=N–C) groups is 1. The minimum absolute atomic E-state index is 0.464. The van der Waals surface area contributed by atoms with Crippen molar-refractivity contribution in [3.63, 3.8) is 0 Å². The summed E-state index contributed by atoms with van der Waals surface area (Å²) in [5.74, 6) is 1.40. The lowest BCUT2D eigenvalue weighted by Crippen LogP contribution is -2.33. The summed E-state index contributed by atoms with van der Waals surface area (Å²) in [6.07, 6.45) is 3.14. The van der Waals surface area contributed by atoms with Gasteiger partial charge < -0.3 is 20.5 Å². The number of nitrogens with two attached hydrogens (primary N) is 1. The summed E-state index contributed by atoms with van der Waals surface area (Å²) in [5, 5.41) is 3.09. The van der Waals surface area contributed by atoms with Gasteiger partial charge in [0.25, 0.3) is 0 Å². The average molecular weight is 293 g/mol. The normalized spacial score (nSPS) is 11.4. The summed E-state index contributed by atoms with van der Waals surface area (Å²) in [5.41, 5.74) is 6.98. The largest absolute Gasteiger partial charge is 0.494 e. The molecule has 0 radical (unpaired) electrons. The van der Waals surface area contributed by atoms with Gasteiger partial charge in [-0.3, -0.25) is 4.99 Å². The molecule has 0 amide bonds. The Hall–Kier alpha value is -1.75. The first-order valence-corrected chi connectivity index (χ1v) is 7.50. The van der Waals surface area contributed by atoms with Crippen LogP contribution >= 0.6 is 0 Å². The Bertz CT molecular complexity index is 404. The second kappa shape index (κ2) is 11.0. The molecule has 21 heavy (non-hydrogen) atoms. The molecule has 1 aromatic carbocycles. The minimum Gasteiger partial charge on any atom is -0.494 e. The number of unbranched alkanes of at least 4 members (excludes halogenated alkanes) is 1. The third-order valence-corrected chi connectivity index (χ3v) is 2.99. The number of guanidine groups is 1. The zero-order valence-corrected chi connectivity index (χ0v) is 13.1. The van der Waals surface area contributed by atoms with Gasteiger partial charge in [-0.05, 0) is 30.5 Å². The molecule has 0 fully saturated rings. The average Bonchev–Trinajstić information content (AvgIpc) is 2.49. The Morgan fingerprint density at radius 1 is 1.24 bits per heavy atom. The van der Waals surface area contributed by atoms with E-state index in [4.69, 9.17) is 15.2 Å². The molecule has 1 aromatic rings. The van der Waals surface area contributed by atoms with Crippen molar-refractivity contribution in [2.45, 2.75) is 26.2 Å². The van der Waals surface area contributed by atoms with E-state index in [2.05, 4.69) is 29.4 Å². The van der Waals surface area contributed by atoms with E-state index in [1.807, 2.05) is 12.1 Å². The highest BCUT2D eigenvalue weighted by atomic mass is 16.5. The van der Waals surface area contributed by atoms with Crippen LogP contribution in [0.15, 0.2) is 29.3 Å². The number of benzene rings is 1. The van der Waals surface area contributed by atoms with Crippen LogP contribution in [0.5, 0.6) is 5.75 Å². The van der Waals surface area contributed by atoms with E-state index >= 15 is 0 Å². The van der Waals surface area contributed by atoms with Crippen LogP contribution in [0.3, 0.4) is 0 Å². The predicted molar refractivity (Wildman–Crippen MR) is 86.9 cm³/mol. The zero-order chi connectivity index (χ0) is 15.3. The smallest absolute Gasteiger partial charge is 0.188 e. The Kier molecular flexibility index (Phi) is 9.04. The molecule has 0 spiro atoms. The monoisotopic (exact) mass is 293 g/mol. The molecule has 1 rings (SSSR count). The maximum absolute atomic E-state index is 5.73. The Labute approximate surface area is 127 Å². The SMILES string of the molecule is CCCCOc1ccc(CCNC(N)=NCCOC)cc1. The van der Waals surface area contributed by atoms with Crippen LogP contribution in [0.4, 0.5) is 0 Å². The topological polar surface area (TPSA) is 68.9 Å². The second-order valence-electron chi connectivity index (χ2n) is 4.78. The van der Waals surface area contributed by atoms with E-state index in [0.717, 1.165) is 38.2 Å². The summed E-state index contributed by atoms with van der Waals surface area (Å²) < 4.78 is 10.5. The molecule has 118 valence electrons. The van der Waals surface area contributed by atoms with Crippen molar-refractivity contribution in [2.24, 2.45) is 10.7 Å². The Morgan fingerprint density at radius 3 is 2.67 bits per heavy atom. The first-order valence-electron chi connectivity index (χ1n) is 7.50. The van der Waals surface area contributed by atoms with E-state index < -0.39 is 0 Å². The lowest BCUT2D eigenvalue weighted by Gasteiger charge is -2.08. The van der Waals surface area contributed by atoms with Gasteiger partial charge in [0.15, 0.2) is 5.96 Å². The first kappa shape index (κ1) is 17.3. The van der Waals surface area contributed by atoms with Gasteiger partial charge >= 0.3 is 0 Å². The standard InChI is InChI=1S/C16H27N3O2/c1-3-4-12-21-15-7-5-14(6-8-15)9-10-18-16(17)19-11-13-20-2/h5-8H,3-4,9-13H2,1-2H3,(H3,17,18,19). The van der Waals surface area contributed by atoms with Crippen LogP contribution in [0, 0.1) is 0 Å². The molecule has 0 atom stereocenters. The number of methoxy groups -OCH3 is 1. The van der Waals surface area contributed by atoms with E-state index in [1.54, 1.807) is 7.11 Å². The molecule has 0 aromatic heterocycles. The third-order valence-electron chi connectivity index (χ3n) is 2.99. The third kappa shape index (κ3) is 8.19. The maximum atomic E-state index is 5.73. The maximum Gasteiger partial charge on any atom is 0.188 e. The molecule has 0 aliphatic carbocycles. The zero-order valence-electron chi connectivity index (χ0n) is 13.1. The van der Waals surface area contributed by atoms with Gasteiger partial charge in [0.1, 0.15) is 5.75 Å². The van der Waals surface area contributed by atoms with E-state index in [-0.39, 0.29) is 0 Å². The van der Waals surface area contributed by atoms with Crippen LogP contribution in [0.25, 0.3) is 0 Å². The summed E-state index contributed by atoms with van der Waals surface area (Å²) >= 11 is 0. The molecular formula is C16H27N3O2. The van der Waals surface area contributed by atoms with Crippen LogP contribution in [0.1, 0.15) is 25.3 Å². The molecule has 0 aliphatic heterocycles. The van der Waals surface area contributed by atoms with Crippen LogP contribution < -0.4 is 15.8 Å². The van der Waals surface area contributed by atoms with Crippen LogP contribution in [-0.2, 0) is 11.2 Å². The molecule has 0 bridgehead atoms. The van der Waals surface area contributed by atoms with Crippen molar-refractivity contribution in [1.82, 2.24) is 5.32 Å². The molecule has 5 nitrogen and oxygen atoms in total. The van der Waals surface area contributed by atoms with Gasteiger partial charge in [0.2, 0.25) is 0 Å². The highest BCUT2D eigenvalue weighted by molar-refractivity contribution is 5.77. The molecule has 0 unspecified atom stereocenters. The number of nitrogens with zero attached hydrogens (tertiary/aromatic N) is 1. The lowest BCUT2D eigenvalue weighted by atomic mass is 10.1. The van der Waals surface area contributed by atoms with Crippen molar-refractivity contribution in [1.29, 1.82) is 0 Å². The lowest BCUT2D eigenvalue weighted by molar-refractivity contribution is 0.208. The number of hydrogen-bond acceptors (Lipinski definition) is 3. The van der Waals surface area contributed by atoms with Crippen molar-refractivity contribution in [3.8, 4) is 5.75 Å². The first-order chi connectivity index (χ1) is 10.3. The van der Waals surface area contributed by atoms with E-state index in [0.29, 0.717) is 19.1 Å². The molecule has 3 N–H and O–H groups in total. The molecule has 0 saturated carbocycles. The highest BCUT2D eigenvalue weighted by Gasteiger charge is 1.97. The molecule has 0 aliphatic rings. The van der Waals surface area contributed by atoms with Gasteiger partial charge in [-0.25, -0.2) is 0 Å². The molecular weight excluding hydrogens is 266 g/mol. The summed E-state index contributed by atoms with van der Waals surface area (Å²) in [4.78, 5) is 4.14. The van der Waals surface area contributed by atoms with Gasteiger partial charge in [0, 0.05) is 13.7 Å². The van der Waals surface area contributed by atoms with Crippen molar-refractivity contribution >= 4 is 5.96 Å². The molecule has 5 heteroatoms. The number of hydrogen-bond donors (Lipinski definition) is 2. The second-order valence-corrected chi connectivity index (χ2v) is 4.78. The van der Waals surface area contributed by atoms with Crippen LogP contribution in [-0.4, -0.2) is 39.4 Å². The Balaban J connectivity index is 2.24. The number of ether oxygens (including phenoxy) is 2. The summed E-state index contributed by atoms with van der Waals surface area (Å²) in [7, 11) is 1.65. The fraction of sp³-hybridized carbons (Fsp3) is 0.562. The van der Waals surface area contributed by atoms with Gasteiger partial charge in [0.05, 0.1) is 19.8 Å². The van der Waals surface area contributed by atoms with E-state index in [1.165, 1.54) is 5.56 Å². The Morgan fingerprint density at radius 2 is 2.00 bits per heavy atom. The minimum atomic E-state index is 0.464. The van der Waals surface area contributed by atoms with Gasteiger partial charge in [-0.15, -0.1) is 0 Å².